The lowest BCUT2D eigenvalue weighted by Gasteiger charge is -2.35. The standard InChI is InChI=1S/C35H28N2O4/c1-36-28-19-11-10-18-27(28)34(40)33(35(36)41)31(39)22-29(32-26-17-9-8-12-23(26)20-21-30(32)38)37(24-13-4-2-5-14-24)25-15-6-3-7-16-25/h2-21,29,38,40H,22H2,1H3/t29-/m1/s1. The second-order valence-electron chi connectivity index (χ2n) is 10.0. The number of aromatic hydroxyl groups is 2. The maximum absolute atomic E-state index is 14.2. The molecule has 0 amide bonds. The minimum absolute atomic E-state index is 0.0361. The van der Waals surface area contributed by atoms with Crippen LogP contribution in [0.1, 0.15) is 28.4 Å². The van der Waals surface area contributed by atoms with Crippen molar-refractivity contribution in [2.45, 2.75) is 12.5 Å². The molecule has 0 fully saturated rings. The summed E-state index contributed by atoms with van der Waals surface area (Å²) in [5.74, 6) is -0.822. The van der Waals surface area contributed by atoms with E-state index in [4.69, 9.17) is 0 Å². The van der Waals surface area contributed by atoms with Crippen LogP contribution in [0.4, 0.5) is 11.4 Å². The molecule has 6 nitrogen and oxygen atoms in total. The summed E-state index contributed by atoms with van der Waals surface area (Å²) in [6, 6.07) is 36.7. The van der Waals surface area contributed by atoms with Gasteiger partial charge in [-0.2, -0.15) is 0 Å². The highest BCUT2D eigenvalue weighted by atomic mass is 16.3. The molecule has 1 aromatic heterocycles. The average Bonchev–Trinajstić information content (AvgIpc) is 3.01. The van der Waals surface area contributed by atoms with Gasteiger partial charge in [0, 0.05) is 35.8 Å². The van der Waals surface area contributed by atoms with Crippen LogP contribution in [-0.4, -0.2) is 20.6 Å². The Bertz CT molecular complexity index is 1910. The molecule has 5 aromatic carbocycles. The summed E-state index contributed by atoms with van der Waals surface area (Å²) in [7, 11) is 1.59. The first-order chi connectivity index (χ1) is 20.0. The van der Waals surface area contributed by atoms with Crippen LogP contribution in [0.5, 0.6) is 11.5 Å². The summed E-state index contributed by atoms with van der Waals surface area (Å²) in [6.45, 7) is 0. The predicted molar refractivity (Wildman–Crippen MR) is 163 cm³/mol. The van der Waals surface area contributed by atoms with Crippen LogP contribution in [0.2, 0.25) is 0 Å². The molecule has 6 aromatic rings. The number of rotatable bonds is 7. The number of benzene rings is 5. The van der Waals surface area contributed by atoms with Crippen LogP contribution in [-0.2, 0) is 7.05 Å². The fraction of sp³-hybridized carbons (Fsp3) is 0.0857. The lowest BCUT2D eigenvalue weighted by molar-refractivity contribution is 0.0969. The van der Waals surface area contributed by atoms with Gasteiger partial charge < -0.3 is 19.7 Å². The molecule has 202 valence electrons. The molecular weight excluding hydrogens is 512 g/mol. The number of phenols is 1. The summed E-state index contributed by atoms with van der Waals surface area (Å²) in [4.78, 5) is 29.7. The summed E-state index contributed by atoms with van der Waals surface area (Å²) in [6.07, 6.45) is -0.188. The van der Waals surface area contributed by atoms with Gasteiger partial charge in [-0.05, 0) is 53.2 Å². The van der Waals surface area contributed by atoms with E-state index in [9.17, 15) is 19.8 Å². The van der Waals surface area contributed by atoms with Crippen molar-refractivity contribution in [1.29, 1.82) is 0 Å². The molecule has 6 rings (SSSR count). The minimum Gasteiger partial charge on any atom is -0.508 e. The zero-order valence-corrected chi connectivity index (χ0v) is 22.4. The van der Waals surface area contributed by atoms with Crippen molar-refractivity contribution in [3.63, 3.8) is 0 Å². The number of hydrogen-bond acceptors (Lipinski definition) is 5. The maximum atomic E-state index is 14.2. The van der Waals surface area contributed by atoms with Gasteiger partial charge in [0.1, 0.15) is 17.1 Å². The second kappa shape index (κ2) is 10.7. The zero-order valence-electron chi connectivity index (χ0n) is 22.4. The second-order valence-corrected chi connectivity index (χ2v) is 10.0. The molecule has 0 aliphatic rings. The van der Waals surface area contributed by atoms with Gasteiger partial charge in [0.15, 0.2) is 5.78 Å². The van der Waals surface area contributed by atoms with E-state index in [0.29, 0.717) is 16.5 Å². The molecule has 6 heteroatoms. The van der Waals surface area contributed by atoms with Crippen molar-refractivity contribution in [2.24, 2.45) is 7.05 Å². The summed E-state index contributed by atoms with van der Waals surface area (Å²) < 4.78 is 1.39. The molecular formula is C35H28N2O4. The van der Waals surface area contributed by atoms with Gasteiger partial charge in [0.25, 0.3) is 5.56 Å². The van der Waals surface area contributed by atoms with Crippen LogP contribution < -0.4 is 10.5 Å². The number of Topliss-reactive ketones (excluding diaryl/α,β-unsaturated/α-hetero) is 1. The molecule has 1 atom stereocenters. The first kappa shape index (κ1) is 25.9. The third kappa shape index (κ3) is 4.59. The number of nitrogens with zero attached hydrogens (tertiary/aromatic N) is 2. The van der Waals surface area contributed by atoms with Crippen LogP contribution in [0, 0.1) is 0 Å². The number of aryl methyl sites for hydroxylation is 1. The number of aromatic nitrogens is 1. The highest BCUT2D eigenvalue weighted by molar-refractivity contribution is 6.04. The van der Waals surface area contributed by atoms with Gasteiger partial charge in [-0.25, -0.2) is 0 Å². The summed E-state index contributed by atoms with van der Waals surface area (Å²) in [5, 5.41) is 24.7. The topological polar surface area (TPSA) is 82.8 Å². The third-order valence-electron chi connectivity index (χ3n) is 7.59. The van der Waals surface area contributed by atoms with Crippen LogP contribution in [0.15, 0.2) is 126 Å². The van der Waals surface area contributed by atoms with E-state index in [1.165, 1.54) is 4.57 Å². The Labute approximate surface area is 237 Å². The van der Waals surface area contributed by atoms with Gasteiger partial charge in [-0.1, -0.05) is 78.9 Å². The highest BCUT2D eigenvalue weighted by Gasteiger charge is 2.32. The Morgan fingerprint density at radius 2 is 1.29 bits per heavy atom. The molecule has 1 heterocycles. The van der Waals surface area contributed by atoms with E-state index in [1.54, 1.807) is 37.4 Å². The van der Waals surface area contributed by atoms with Crippen LogP contribution in [0.3, 0.4) is 0 Å². The van der Waals surface area contributed by atoms with E-state index in [2.05, 4.69) is 0 Å². The molecule has 0 aliphatic carbocycles. The number of para-hydroxylation sites is 3. The molecule has 41 heavy (non-hydrogen) atoms. The van der Waals surface area contributed by atoms with Crippen molar-refractivity contribution in [3.8, 4) is 11.5 Å². The number of anilines is 2. The Balaban J connectivity index is 1.60. The van der Waals surface area contributed by atoms with Crippen molar-refractivity contribution >= 4 is 38.8 Å². The molecule has 0 saturated carbocycles. The van der Waals surface area contributed by atoms with Gasteiger partial charge in [-0.15, -0.1) is 0 Å². The summed E-state index contributed by atoms with van der Waals surface area (Å²) >= 11 is 0. The van der Waals surface area contributed by atoms with E-state index < -0.39 is 17.4 Å². The SMILES string of the molecule is Cn1c(=O)c(C(=O)C[C@H](c2c(O)ccc3ccccc23)N(c2ccccc2)c2ccccc2)c(O)c2ccccc21. The first-order valence-electron chi connectivity index (χ1n) is 13.4. The van der Waals surface area contributed by atoms with Gasteiger partial charge in [-0.3, -0.25) is 9.59 Å². The number of hydrogen-bond donors (Lipinski definition) is 2. The monoisotopic (exact) mass is 540 g/mol. The van der Waals surface area contributed by atoms with E-state index in [1.807, 2.05) is 95.9 Å². The Morgan fingerprint density at radius 1 is 0.732 bits per heavy atom. The largest absolute Gasteiger partial charge is 0.508 e. The van der Waals surface area contributed by atoms with Gasteiger partial charge >= 0.3 is 0 Å². The highest BCUT2D eigenvalue weighted by Crippen LogP contribution is 2.44. The van der Waals surface area contributed by atoms with Crippen LogP contribution >= 0.6 is 0 Å². The lowest BCUT2D eigenvalue weighted by Crippen LogP contribution is -2.30. The number of ketones is 1. The van der Waals surface area contributed by atoms with E-state index in [0.717, 1.165) is 22.1 Å². The third-order valence-corrected chi connectivity index (χ3v) is 7.59. The number of carbonyl (C=O) groups is 1. The first-order valence-corrected chi connectivity index (χ1v) is 13.4. The smallest absolute Gasteiger partial charge is 0.265 e. The Hall–Kier alpha value is -5.36. The van der Waals surface area contributed by atoms with E-state index in [-0.39, 0.29) is 23.5 Å². The van der Waals surface area contributed by atoms with E-state index >= 15 is 0 Å². The zero-order chi connectivity index (χ0) is 28.5. The summed E-state index contributed by atoms with van der Waals surface area (Å²) in [5.41, 5.74) is 1.86. The Morgan fingerprint density at radius 3 is 1.95 bits per heavy atom. The molecule has 2 N–H and O–H groups in total. The molecule has 0 aliphatic heterocycles. The fourth-order valence-corrected chi connectivity index (χ4v) is 5.65. The predicted octanol–water partition coefficient (Wildman–Crippen LogP) is 7.26. The van der Waals surface area contributed by atoms with Crippen molar-refractivity contribution in [3.05, 3.63) is 143 Å². The van der Waals surface area contributed by atoms with Crippen molar-refractivity contribution < 1.29 is 15.0 Å². The van der Waals surface area contributed by atoms with Crippen molar-refractivity contribution in [2.75, 3.05) is 4.90 Å². The lowest BCUT2D eigenvalue weighted by atomic mass is 9.90. The minimum atomic E-state index is -0.728. The maximum Gasteiger partial charge on any atom is 0.265 e. The quantitative estimate of drug-likeness (QED) is 0.208. The van der Waals surface area contributed by atoms with Crippen LogP contribution in [0.25, 0.3) is 21.7 Å². The fourth-order valence-electron chi connectivity index (χ4n) is 5.65. The molecule has 0 saturated heterocycles. The average molecular weight is 541 g/mol. The van der Waals surface area contributed by atoms with Gasteiger partial charge in [0.2, 0.25) is 0 Å². The number of phenolic OH excluding ortho intramolecular Hbond substituents is 1. The van der Waals surface area contributed by atoms with Crippen molar-refractivity contribution in [1.82, 2.24) is 4.57 Å². The number of pyridine rings is 1. The molecule has 0 spiro atoms. The molecule has 0 unspecified atom stereocenters. The normalized spacial score (nSPS) is 11.9. The molecule has 0 bridgehead atoms. The number of fused-ring (bicyclic) bond motifs is 2. The Kier molecular flexibility index (Phi) is 6.73. The molecule has 0 radical (unpaired) electrons. The van der Waals surface area contributed by atoms with Gasteiger partial charge in [0.05, 0.1) is 11.6 Å². The number of carbonyl (C=O) groups excluding carboxylic acids is 1.